The van der Waals surface area contributed by atoms with E-state index in [1.807, 2.05) is 0 Å². The molecular weight excluding hydrogens is 466 g/mol. The molecule has 0 saturated carbocycles. The first-order chi connectivity index (χ1) is 16.4. The van der Waals surface area contributed by atoms with Gasteiger partial charge in [0.05, 0.1) is 30.1 Å². The SMILES string of the molecule is CC(C)(C)OC(=O)c1ccc(-c2cnn(C(CCOC(F)F)c3ccc(B(O)O)cn3)c2)cc1F. The number of nitrogens with zero attached hydrogens (tertiary/aromatic N) is 3. The average molecular weight is 491 g/mol. The summed E-state index contributed by atoms with van der Waals surface area (Å²) in [5, 5.41) is 22.8. The predicted molar refractivity (Wildman–Crippen MR) is 122 cm³/mol. The zero-order valence-corrected chi connectivity index (χ0v) is 19.4. The Labute approximate surface area is 200 Å². The van der Waals surface area contributed by atoms with Crippen molar-refractivity contribution in [2.75, 3.05) is 6.61 Å². The number of esters is 1. The fourth-order valence-corrected chi connectivity index (χ4v) is 3.30. The molecule has 3 aromatic rings. The number of rotatable bonds is 9. The van der Waals surface area contributed by atoms with Gasteiger partial charge in [-0.05, 0) is 51.0 Å². The molecule has 2 aromatic heterocycles. The summed E-state index contributed by atoms with van der Waals surface area (Å²) in [6, 6.07) is 6.41. The lowest BCUT2D eigenvalue weighted by Crippen LogP contribution is -2.30. The third kappa shape index (κ3) is 7.14. The minimum absolute atomic E-state index is 0.0887. The molecule has 0 bridgehead atoms. The van der Waals surface area contributed by atoms with Gasteiger partial charge in [-0.3, -0.25) is 9.67 Å². The molecule has 0 saturated heterocycles. The highest BCUT2D eigenvalue weighted by Gasteiger charge is 2.22. The third-order valence-electron chi connectivity index (χ3n) is 4.93. The maximum absolute atomic E-state index is 14.7. The highest BCUT2D eigenvalue weighted by atomic mass is 19.3. The molecule has 1 atom stereocenters. The van der Waals surface area contributed by atoms with Gasteiger partial charge in [0.1, 0.15) is 11.4 Å². The van der Waals surface area contributed by atoms with Crippen LogP contribution in [0.25, 0.3) is 11.1 Å². The molecule has 3 rings (SSSR count). The standard InChI is InChI=1S/C23H25BF3N3O5/c1-23(2,3)35-21(31)17-6-4-14(10-18(17)25)15-11-29-30(13-15)20(8-9-34-22(26)27)19-7-5-16(12-28-19)24(32)33/h4-7,10-13,20,22,32-33H,8-9H2,1-3H3. The molecule has 1 unspecified atom stereocenters. The van der Waals surface area contributed by atoms with Crippen LogP contribution in [-0.4, -0.2) is 56.7 Å². The predicted octanol–water partition coefficient (Wildman–Crippen LogP) is 2.94. The van der Waals surface area contributed by atoms with Gasteiger partial charge in [0.25, 0.3) is 0 Å². The Balaban J connectivity index is 1.86. The molecule has 8 nitrogen and oxygen atoms in total. The Morgan fingerprint density at radius 2 is 1.89 bits per heavy atom. The third-order valence-corrected chi connectivity index (χ3v) is 4.93. The van der Waals surface area contributed by atoms with Gasteiger partial charge in [-0.15, -0.1) is 0 Å². The van der Waals surface area contributed by atoms with Gasteiger partial charge in [-0.25, -0.2) is 9.18 Å². The zero-order valence-electron chi connectivity index (χ0n) is 19.4. The van der Waals surface area contributed by atoms with Gasteiger partial charge >= 0.3 is 19.7 Å². The van der Waals surface area contributed by atoms with Crippen LogP contribution in [-0.2, 0) is 9.47 Å². The van der Waals surface area contributed by atoms with E-state index < -0.39 is 37.2 Å². The topological polar surface area (TPSA) is 107 Å². The molecule has 2 heterocycles. The summed E-state index contributed by atoms with van der Waals surface area (Å²) in [4.78, 5) is 16.4. The highest BCUT2D eigenvalue weighted by Crippen LogP contribution is 2.26. The maximum atomic E-state index is 14.7. The van der Waals surface area contributed by atoms with Gasteiger partial charge in [0, 0.05) is 23.4 Å². The number of benzene rings is 1. The first-order valence-corrected chi connectivity index (χ1v) is 10.7. The Morgan fingerprint density at radius 1 is 1.14 bits per heavy atom. The number of ether oxygens (including phenoxy) is 2. The molecule has 0 fully saturated rings. The van der Waals surface area contributed by atoms with Crippen molar-refractivity contribution in [3.8, 4) is 11.1 Å². The van der Waals surface area contributed by atoms with Crippen LogP contribution in [0.5, 0.6) is 0 Å². The van der Waals surface area contributed by atoms with Gasteiger partial charge in [-0.2, -0.15) is 13.9 Å². The van der Waals surface area contributed by atoms with E-state index >= 15 is 0 Å². The maximum Gasteiger partial charge on any atom is 0.490 e. The van der Waals surface area contributed by atoms with E-state index in [9.17, 15) is 28.0 Å². The van der Waals surface area contributed by atoms with Crippen LogP contribution in [0.3, 0.4) is 0 Å². The zero-order chi connectivity index (χ0) is 25.8. The fraction of sp³-hybridized carbons (Fsp3) is 0.348. The van der Waals surface area contributed by atoms with Gasteiger partial charge in [0.15, 0.2) is 0 Å². The van der Waals surface area contributed by atoms with Crippen LogP contribution in [0, 0.1) is 5.82 Å². The number of hydrogen-bond acceptors (Lipinski definition) is 7. The van der Waals surface area contributed by atoms with Crippen molar-refractivity contribution < 1.29 is 37.5 Å². The quantitative estimate of drug-likeness (QED) is 0.350. The lowest BCUT2D eigenvalue weighted by molar-refractivity contribution is -0.130. The molecule has 0 aliphatic heterocycles. The second-order valence-electron chi connectivity index (χ2n) is 8.73. The molecule has 0 aliphatic rings. The number of hydrogen-bond donors (Lipinski definition) is 2. The van der Waals surface area contributed by atoms with Crippen LogP contribution in [0.15, 0.2) is 48.9 Å². The summed E-state index contributed by atoms with van der Waals surface area (Å²) in [5.41, 5.74) is 0.575. The summed E-state index contributed by atoms with van der Waals surface area (Å²) in [6.45, 7) is 1.83. The van der Waals surface area contributed by atoms with Crippen molar-refractivity contribution in [1.29, 1.82) is 0 Å². The largest absolute Gasteiger partial charge is 0.490 e. The van der Waals surface area contributed by atoms with E-state index in [0.29, 0.717) is 16.8 Å². The molecule has 0 amide bonds. The van der Waals surface area contributed by atoms with Crippen molar-refractivity contribution in [1.82, 2.24) is 14.8 Å². The monoisotopic (exact) mass is 491 g/mol. The number of carbonyl (C=O) groups is 1. The van der Waals surface area contributed by atoms with E-state index in [2.05, 4.69) is 14.8 Å². The van der Waals surface area contributed by atoms with Crippen molar-refractivity contribution in [3.63, 3.8) is 0 Å². The Morgan fingerprint density at radius 3 is 2.46 bits per heavy atom. The summed E-state index contributed by atoms with van der Waals surface area (Å²) in [7, 11) is -1.70. The highest BCUT2D eigenvalue weighted by molar-refractivity contribution is 6.58. The number of halogens is 3. The average Bonchev–Trinajstić information content (AvgIpc) is 3.25. The molecule has 1 aromatic carbocycles. The summed E-state index contributed by atoms with van der Waals surface area (Å²) in [6.07, 6.45) is 4.40. The van der Waals surface area contributed by atoms with E-state index in [-0.39, 0.29) is 24.1 Å². The molecule has 12 heteroatoms. The molecular formula is C23H25BF3N3O5. The van der Waals surface area contributed by atoms with Crippen LogP contribution in [0.2, 0.25) is 0 Å². The minimum Gasteiger partial charge on any atom is -0.456 e. The van der Waals surface area contributed by atoms with Gasteiger partial charge in [-0.1, -0.05) is 12.1 Å². The smallest absolute Gasteiger partial charge is 0.456 e. The van der Waals surface area contributed by atoms with Crippen LogP contribution >= 0.6 is 0 Å². The summed E-state index contributed by atoms with van der Waals surface area (Å²) in [5.74, 6) is -1.54. The van der Waals surface area contributed by atoms with E-state index in [1.54, 1.807) is 33.0 Å². The summed E-state index contributed by atoms with van der Waals surface area (Å²) < 4.78 is 50.7. The second-order valence-corrected chi connectivity index (χ2v) is 8.73. The molecule has 35 heavy (non-hydrogen) atoms. The van der Waals surface area contributed by atoms with Crippen LogP contribution in [0.1, 0.15) is 49.3 Å². The molecule has 2 N–H and O–H groups in total. The van der Waals surface area contributed by atoms with Crippen LogP contribution in [0.4, 0.5) is 13.2 Å². The van der Waals surface area contributed by atoms with Crippen molar-refractivity contribution in [2.24, 2.45) is 0 Å². The van der Waals surface area contributed by atoms with Crippen molar-refractivity contribution in [3.05, 3.63) is 66.0 Å². The summed E-state index contributed by atoms with van der Waals surface area (Å²) >= 11 is 0. The lowest BCUT2D eigenvalue weighted by atomic mass is 9.81. The molecule has 186 valence electrons. The first kappa shape index (κ1) is 26.4. The van der Waals surface area contributed by atoms with E-state index in [1.165, 1.54) is 41.3 Å². The Kier molecular flexibility index (Phi) is 8.31. The van der Waals surface area contributed by atoms with Crippen molar-refractivity contribution >= 4 is 18.6 Å². The Bertz CT molecular complexity index is 1150. The van der Waals surface area contributed by atoms with Gasteiger partial charge < -0.3 is 19.5 Å². The number of aromatic nitrogens is 3. The number of carbonyl (C=O) groups excluding carboxylic acids is 1. The first-order valence-electron chi connectivity index (χ1n) is 10.7. The molecule has 0 spiro atoms. The van der Waals surface area contributed by atoms with Crippen LogP contribution < -0.4 is 5.46 Å². The molecule has 0 aliphatic carbocycles. The minimum atomic E-state index is -2.94. The lowest BCUT2D eigenvalue weighted by Gasteiger charge is -2.19. The van der Waals surface area contributed by atoms with Crippen molar-refractivity contribution in [2.45, 2.75) is 45.4 Å². The fourth-order valence-electron chi connectivity index (χ4n) is 3.30. The molecule has 0 radical (unpaired) electrons. The number of pyridine rings is 1. The van der Waals surface area contributed by atoms with E-state index in [0.717, 1.165) is 0 Å². The normalized spacial score (nSPS) is 12.6. The second kappa shape index (κ2) is 11.0. The number of alkyl halides is 2. The Hall–Kier alpha value is -3.22. The van der Waals surface area contributed by atoms with E-state index in [4.69, 9.17) is 4.74 Å². The van der Waals surface area contributed by atoms with Gasteiger partial charge in [0.2, 0.25) is 0 Å².